The molecule has 0 heterocycles. The molecular weight excluding hydrogens is 214 g/mol. The van der Waals surface area contributed by atoms with Crippen molar-refractivity contribution < 1.29 is 9.90 Å². The summed E-state index contributed by atoms with van der Waals surface area (Å²) in [7, 11) is 0. The van der Waals surface area contributed by atoms with Crippen molar-refractivity contribution in [1.29, 1.82) is 0 Å². The zero-order valence-corrected chi connectivity index (χ0v) is 9.73. The summed E-state index contributed by atoms with van der Waals surface area (Å²) >= 11 is 0. The molecule has 2 fully saturated rings. The highest BCUT2D eigenvalue weighted by Crippen LogP contribution is 2.57. The quantitative estimate of drug-likeness (QED) is 0.836. The maximum Gasteiger partial charge on any atom is 0.223 e. The minimum absolute atomic E-state index is 0.197. The number of phenolic OH excluding ortho intramolecular Hbond substituents is 1. The van der Waals surface area contributed by atoms with Gasteiger partial charge in [0, 0.05) is 12.5 Å². The van der Waals surface area contributed by atoms with Crippen molar-refractivity contribution in [1.82, 2.24) is 5.32 Å². The molecule has 2 aliphatic rings. The largest absolute Gasteiger partial charge is 0.508 e. The summed E-state index contributed by atoms with van der Waals surface area (Å²) in [6.45, 7) is 0.517. The third-order valence-electron chi connectivity index (χ3n) is 4.09. The van der Waals surface area contributed by atoms with Crippen LogP contribution in [0.3, 0.4) is 0 Å². The van der Waals surface area contributed by atoms with E-state index in [4.69, 9.17) is 0 Å². The van der Waals surface area contributed by atoms with Crippen molar-refractivity contribution in [2.75, 3.05) is 0 Å². The van der Waals surface area contributed by atoms with Crippen LogP contribution in [0, 0.1) is 17.8 Å². The van der Waals surface area contributed by atoms with E-state index in [-0.39, 0.29) is 17.6 Å². The molecule has 2 atom stereocenters. The number of carbonyl (C=O) groups is 1. The molecular formula is C14H17NO2. The van der Waals surface area contributed by atoms with Crippen LogP contribution in [-0.2, 0) is 11.3 Å². The Morgan fingerprint density at radius 3 is 2.82 bits per heavy atom. The molecule has 0 bridgehead atoms. The fourth-order valence-electron chi connectivity index (χ4n) is 3.18. The van der Waals surface area contributed by atoms with Gasteiger partial charge in [-0.2, -0.15) is 0 Å². The van der Waals surface area contributed by atoms with Crippen LogP contribution in [0.15, 0.2) is 24.3 Å². The Morgan fingerprint density at radius 1 is 1.35 bits per heavy atom. The number of benzene rings is 1. The van der Waals surface area contributed by atoms with Crippen LogP contribution in [0.25, 0.3) is 0 Å². The number of phenols is 1. The fraction of sp³-hybridized carbons (Fsp3) is 0.500. The molecule has 2 aliphatic carbocycles. The summed E-state index contributed by atoms with van der Waals surface area (Å²) < 4.78 is 0. The summed E-state index contributed by atoms with van der Waals surface area (Å²) in [6, 6.07) is 7.03. The Bertz CT molecular complexity index is 434. The summed E-state index contributed by atoms with van der Waals surface area (Å²) in [6.07, 6.45) is 3.76. The highest BCUT2D eigenvalue weighted by molar-refractivity contribution is 5.82. The first kappa shape index (κ1) is 10.6. The van der Waals surface area contributed by atoms with Crippen LogP contribution >= 0.6 is 0 Å². The van der Waals surface area contributed by atoms with Gasteiger partial charge in [-0.1, -0.05) is 18.6 Å². The molecule has 17 heavy (non-hydrogen) atoms. The summed E-state index contributed by atoms with van der Waals surface area (Å²) in [5.74, 6) is 2.06. The average Bonchev–Trinajstić information content (AvgIpc) is 2.80. The van der Waals surface area contributed by atoms with E-state index in [9.17, 15) is 9.90 Å². The molecule has 0 saturated heterocycles. The van der Waals surface area contributed by atoms with E-state index in [1.54, 1.807) is 18.2 Å². The van der Waals surface area contributed by atoms with E-state index in [0.29, 0.717) is 18.4 Å². The molecule has 0 radical (unpaired) electrons. The lowest BCUT2D eigenvalue weighted by molar-refractivity contribution is -0.123. The molecule has 1 amide bonds. The maximum atomic E-state index is 11.9. The van der Waals surface area contributed by atoms with E-state index < -0.39 is 0 Å². The van der Waals surface area contributed by atoms with Crippen molar-refractivity contribution in [3.8, 4) is 5.75 Å². The van der Waals surface area contributed by atoms with Crippen molar-refractivity contribution >= 4 is 5.91 Å². The summed E-state index contributed by atoms with van der Waals surface area (Å²) in [5, 5.41) is 12.3. The minimum Gasteiger partial charge on any atom is -0.508 e. The molecule has 0 aromatic heterocycles. The van der Waals surface area contributed by atoms with Crippen molar-refractivity contribution in [3.05, 3.63) is 29.8 Å². The topological polar surface area (TPSA) is 49.3 Å². The molecule has 2 unspecified atom stereocenters. The number of amides is 1. The van der Waals surface area contributed by atoms with Crippen molar-refractivity contribution in [2.24, 2.45) is 17.8 Å². The average molecular weight is 231 g/mol. The second-order valence-electron chi connectivity index (χ2n) is 5.17. The van der Waals surface area contributed by atoms with E-state index in [1.165, 1.54) is 19.3 Å². The molecule has 2 N–H and O–H groups in total. The van der Waals surface area contributed by atoms with Gasteiger partial charge in [0.25, 0.3) is 0 Å². The second-order valence-corrected chi connectivity index (χ2v) is 5.17. The van der Waals surface area contributed by atoms with Gasteiger partial charge in [-0.3, -0.25) is 4.79 Å². The lowest BCUT2D eigenvalue weighted by Gasteiger charge is -2.07. The number of fused-ring (bicyclic) bond motifs is 1. The normalized spacial score (nSPS) is 29.8. The molecule has 1 aromatic rings. The van der Waals surface area contributed by atoms with Crippen LogP contribution < -0.4 is 5.32 Å². The van der Waals surface area contributed by atoms with E-state index >= 15 is 0 Å². The molecule has 90 valence electrons. The molecule has 2 saturated carbocycles. The lowest BCUT2D eigenvalue weighted by Crippen LogP contribution is -2.26. The number of carbonyl (C=O) groups excluding carboxylic acids is 1. The molecule has 3 nitrogen and oxygen atoms in total. The van der Waals surface area contributed by atoms with Gasteiger partial charge in [0.15, 0.2) is 0 Å². The number of nitrogens with one attached hydrogen (secondary N) is 1. The Kier molecular flexibility index (Phi) is 2.54. The predicted molar refractivity (Wildman–Crippen MR) is 64.3 cm³/mol. The molecule has 0 aliphatic heterocycles. The van der Waals surface area contributed by atoms with Gasteiger partial charge in [-0.25, -0.2) is 0 Å². The number of hydrogen-bond acceptors (Lipinski definition) is 2. The highest BCUT2D eigenvalue weighted by Gasteiger charge is 2.56. The van der Waals surface area contributed by atoms with Crippen LogP contribution in [-0.4, -0.2) is 11.0 Å². The predicted octanol–water partition coefficient (Wildman–Crippen LogP) is 2.05. The van der Waals surface area contributed by atoms with Gasteiger partial charge >= 0.3 is 0 Å². The monoisotopic (exact) mass is 231 g/mol. The van der Waals surface area contributed by atoms with Crippen molar-refractivity contribution in [3.63, 3.8) is 0 Å². The maximum absolute atomic E-state index is 11.9. The third kappa shape index (κ3) is 2.02. The van der Waals surface area contributed by atoms with Crippen LogP contribution in [0.1, 0.15) is 24.8 Å². The number of hydrogen-bond donors (Lipinski definition) is 2. The van der Waals surface area contributed by atoms with E-state index in [2.05, 4.69) is 5.32 Å². The zero-order chi connectivity index (χ0) is 11.8. The Morgan fingerprint density at radius 2 is 2.12 bits per heavy atom. The fourth-order valence-corrected chi connectivity index (χ4v) is 3.18. The van der Waals surface area contributed by atoms with Crippen LogP contribution in [0.4, 0.5) is 0 Å². The molecule has 3 rings (SSSR count). The van der Waals surface area contributed by atoms with Gasteiger partial charge < -0.3 is 10.4 Å². The van der Waals surface area contributed by atoms with Crippen LogP contribution in [0.5, 0.6) is 5.75 Å². The summed E-state index contributed by atoms with van der Waals surface area (Å²) in [5.41, 5.74) is 0.948. The zero-order valence-electron chi connectivity index (χ0n) is 9.73. The Balaban J connectivity index is 1.53. The van der Waals surface area contributed by atoms with Gasteiger partial charge in [-0.05, 0) is 42.4 Å². The molecule has 1 aromatic carbocycles. The molecule has 3 heteroatoms. The standard InChI is InChI=1S/C14H17NO2/c16-10-4-1-3-9(7-10)8-15-14(17)13-11-5-2-6-12(11)13/h1,3-4,7,11-13,16H,2,5-6,8H2,(H,15,17). The first-order chi connectivity index (χ1) is 8.25. The van der Waals surface area contributed by atoms with Gasteiger partial charge in [-0.15, -0.1) is 0 Å². The smallest absolute Gasteiger partial charge is 0.223 e. The SMILES string of the molecule is O=C(NCc1cccc(O)c1)C1C2CCCC21. The van der Waals surface area contributed by atoms with Crippen LogP contribution in [0.2, 0.25) is 0 Å². The molecule has 0 spiro atoms. The van der Waals surface area contributed by atoms with E-state index in [1.807, 2.05) is 6.07 Å². The first-order valence-electron chi connectivity index (χ1n) is 6.31. The highest BCUT2D eigenvalue weighted by atomic mass is 16.3. The minimum atomic E-state index is 0.197. The van der Waals surface area contributed by atoms with Gasteiger partial charge in [0.05, 0.1) is 0 Å². The second kappa shape index (κ2) is 4.06. The Labute approximate surface area is 101 Å². The number of aromatic hydroxyl groups is 1. The number of rotatable bonds is 3. The Hall–Kier alpha value is -1.51. The first-order valence-corrected chi connectivity index (χ1v) is 6.31. The van der Waals surface area contributed by atoms with Gasteiger partial charge in [0.1, 0.15) is 5.75 Å². The van der Waals surface area contributed by atoms with Gasteiger partial charge in [0.2, 0.25) is 5.91 Å². The lowest BCUT2D eigenvalue weighted by atomic mass is 10.1. The summed E-state index contributed by atoms with van der Waals surface area (Å²) in [4.78, 5) is 11.9. The third-order valence-corrected chi connectivity index (χ3v) is 4.09. The van der Waals surface area contributed by atoms with Crippen molar-refractivity contribution in [2.45, 2.75) is 25.8 Å². The van der Waals surface area contributed by atoms with E-state index in [0.717, 1.165) is 5.56 Å².